The van der Waals surface area contributed by atoms with Gasteiger partial charge < -0.3 is 13.6 Å². The van der Waals surface area contributed by atoms with Crippen molar-refractivity contribution in [2.45, 2.75) is 6.42 Å². The molecule has 2 aromatic heterocycles. The highest BCUT2D eigenvalue weighted by atomic mass is 79.9. The number of furan rings is 1. The van der Waals surface area contributed by atoms with E-state index >= 15 is 0 Å². The highest BCUT2D eigenvalue weighted by Gasteiger charge is 2.12. The molecule has 0 atom stereocenters. The van der Waals surface area contributed by atoms with Gasteiger partial charge >= 0.3 is 5.63 Å². The molecule has 0 aliphatic rings. The van der Waals surface area contributed by atoms with Crippen LogP contribution in [0.15, 0.2) is 44.2 Å². The van der Waals surface area contributed by atoms with Crippen LogP contribution in [0.2, 0.25) is 0 Å². The third kappa shape index (κ3) is 2.26. The molecule has 0 bridgehead atoms. The molecule has 0 amide bonds. The van der Waals surface area contributed by atoms with E-state index in [-0.39, 0.29) is 5.63 Å². The Balaban J connectivity index is 2.21. The predicted octanol–water partition coefficient (Wildman–Crippen LogP) is 3.70. The van der Waals surface area contributed by atoms with Crippen LogP contribution in [0.1, 0.15) is 6.42 Å². The largest absolute Gasteiger partial charge is 0.492 e. The zero-order valence-corrected chi connectivity index (χ0v) is 11.6. The minimum Gasteiger partial charge on any atom is -0.492 e. The minimum absolute atomic E-state index is 0.384. The molecule has 0 saturated heterocycles. The van der Waals surface area contributed by atoms with Gasteiger partial charge in [-0.1, -0.05) is 15.9 Å². The Hall–Kier alpha value is -1.75. The lowest BCUT2D eigenvalue weighted by atomic mass is 10.1. The number of hydrogen-bond acceptors (Lipinski definition) is 4. The fourth-order valence-corrected chi connectivity index (χ4v) is 2.22. The van der Waals surface area contributed by atoms with Crippen LogP contribution in [0, 0.1) is 0 Å². The van der Waals surface area contributed by atoms with E-state index < -0.39 is 0 Å². The van der Waals surface area contributed by atoms with Gasteiger partial charge in [-0.3, -0.25) is 0 Å². The lowest BCUT2D eigenvalue weighted by Crippen LogP contribution is -2.00. The summed E-state index contributed by atoms with van der Waals surface area (Å²) in [6.07, 6.45) is 2.49. The van der Waals surface area contributed by atoms with Gasteiger partial charge in [-0.2, -0.15) is 0 Å². The average Bonchev–Trinajstić information content (AvgIpc) is 2.85. The standard InChI is InChI=1S/C14H11BrO4/c15-5-1-6-18-14-9-2-3-13(16)19-12(9)8-11-10(14)4-7-17-11/h2-4,7-8H,1,5-6H2. The van der Waals surface area contributed by atoms with Gasteiger partial charge in [-0.15, -0.1) is 0 Å². The number of alkyl halides is 1. The highest BCUT2D eigenvalue weighted by molar-refractivity contribution is 9.09. The number of halogens is 1. The molecule has 0 aliphatic heterocycles. The smallest absolute Gasteiger partial charge is 0.336 e. The van der Waals surface area contributed by atoms with Crippen LogP contribution in [0.25, 0.3) is 21.9 Å². The van der Waals surface area contributed by atoms with Crippen molar-refractivity contribution in [1.82, 2.24) is 0 Å². The number of ether oxygens (including phenoxy) is 1. The minimum atomic E-state index is -0.384. The maximum absolute atomic E-state index is 11.3. The van der Waals surface area contributed by atoms with Crippen LogP contribution in [0.5, 0.6) is 5.75 Å². The fraction of sp³-hybridized carbons (Fsp3) is 0.214. The van der Waals surface area contributed by atoms with Gasteiger partial charge in [-0.05, 0) is 18.6 Å². The van der Waals surface area contributed by atoms with Gasteiger partial charge in [0, 0.05) is 17.5 Å². The Morgan fingerprint density at radius 3 is 2.84 bits per heavy atom. The summed E-state index contributed by atoms with van der Waals surface area (Å²) in [5.41, 5.74) is 0.740. The zero-order chi connectivity index (χ0) is 13.2. The van der Waals surface area contributed by atoms with Crippen molar-refractivity contribution in [2.75, 3.05) is 11.9 Å². The summed E-state index contributed by atoms with van der Waals surface area (Å²) < 4.78 is 16.4. The van der Waals surface area contributed by atoms with E-state index in [2.05, 4.69) is 15.9 Å². The first-order chi connectivity index (χ1) is 9.29. The normalized spacial score (nSPS) is 11.2. The number of rotatable bonds is 4. The molecular formula is C14H11BrO4. The Bertz CT molecular complexity index is 772. The third-order valence-electron chi connectivity index (χ3n) is 2.83. The Morgan fingerprint density at radius 2 is 2.00 bits per heavy atom. The summed E-state index contributed by atoms with van der Waals surface area (Å²) in [6.45, 7) is 0.587. The van der Waals surface area contributed by atoms with Crippen LogP contribution in [0.3, 0.4) is 0 Å². The average molecular weight is 323 g/mol. The maximum atomic E-state index is 11.3. The first-order valence-corrected chi connectivity index (χ1v) is 7.04. The third-order valence-corrected chi connectivity index (χ3v) is 3.39. The van der Waals surface area contributed by atoms with Crippen LogP contribution in [0.4, 0.5) is 0 Å². The summed E-state index contributed by atoms with van der Waals surface area (Å²) >= 11 is 3.37. The molecule has 0 unspecified atom stereocenters. The fourth-order valence-electron chi connectivity index (χ4n) is 1.99. The molecule has 0 spiro atoms. The van der Waals surface area contributed by atoms with Crippen molar-refractivity contribution in [3.05, 3.63) is 40.9 Å². The van der Waals surface area contributed by atoms with Crippen molar-refractivity contribution in [3.8, 4) is 5.75 Å². The topological polar surface area (TPSA) is 52.6 Å². The van der Waals surface area contributed by atoms with Crippen LogP contribution in [-0.4, -0.2) is 11.9 Å². The van der Waals surface area contributed by atoms with E-state index in [9.17, 15) is 4.79 Å². The van der Waals surface area contributed by atoms with Gasteiger partial charge in [0.2, 0.25) is 0 Å². The van der Waals surface area contributed by atoms with Crippen molar-refractivity contribution < 1.29 is 13.6 Å². The molecule has 2 heterocycles. The van der Waals surface area contributed by atoms with Gasteiger partial charge in [0.15, 0.2) is 0 Å². The summed E-state index contributed by atoms with van der Waals surface area (Å²) in [5, 5.41) is 2.54. The zero-order valence-electron chi connectivity index (χ0n) is 10.0. The molecule has 3 aromatic rings. The lowest BCUT2D eigenvalue weighted by molar-refractivity contribution is 0.326. The van der Waals surface area contributed by atoms with E-state index in [0.717, 1.165) is 22.5 Å². The highest BCUT2D eigenvalue weighted by Crippen LogP contribution is 2.35. The van der Waals surface area contributed by atoms with Crippen LogP contribution < -0.4 is 10.4 Å². The Kier molecular flexibility index (Phi) is 3.29. The lowest BCUT2D eigenvalue weighted by Gasteiger charge is -2.09. The summed E-state index contributed by atoms with van der Waals surface area (Å²) in [5.74, 6) is 0.700. The van der Waals surface area contributed by atoms with Crippen molar-refractivity contribution in [1.29, 1.82) is 0 Å². The van der Waals surface area contributed by atoms with Crippen LogP contribution >= 0.6 is 15.9 Å². The first kappa shape index (κ1) is 12.3. The number of benzene rings is 1. The molecule has 0 fully saturated rings. The monoisotopic (exact) mass is 322 g/mol. The van der Waals surface area contributed by atoms with Gasteiger partial charge in [0.05, 0.1) is 23.6 Å². The molecule has 98 valence electrons. The Labute approximate surface area is 117 Å². The molecular weight excluding hydrogens is 312 g/mol. The molecule has 0 saturated carbocycles. The molecule has 19 heavy (non-hydrogen) atoms. The first-order valence-electron chi connectivity index (χ1n) is 5.92. The summed E-state index contributed by atoms with van der Waals surface area (Å²) in [6, 6.07) is 6.68. The second-order valence-electron chi connectivity index (χ2n) is 4.10. The van der Waals surface area contributed by atoms with E-state index in [1.807, 2.05) is 6.07 Å². The quantitative estimate of drug-likeness (QED) is 0.417. The molecule has 4 nitrogen and oxygen atoms in total. The van der Waals surface area contributed by atoms with Crippen molar-refractivity contribution >= 4 is 37.9 Å². The Morgan fingerprint density at radius 1 is 1.16 bits per heavy atom. The van der Waals surface area contributed by atoms with E-state index in [4.69, 9.17) is 13.6 Å². The molecule has 1 aromatic carbocycles. The van der Waals surface area contributed by atoms with Crippen molar-refractivity contribution in [3.63, 3.8) is 0 Å². The number of fused-ring (bicyclic) bond motifs is 2. The van der Waals surface area contributed by atoms with E-state index in [1.165, 1.54) is 6.07 Å². The number of hydrogen-bond donors (Lipinski definition) is 0. The molecule has 0 radical (unpaired) electrons. The van der Waals surface area contributed by atoms with E-state index in [1.54, 1.807) is 18.4 Å². The maximum Gasteiger partial charge on any atom is 0.336 e. The van der Waals surface area contributed by atoms with Crippen LogP contribution in [-0.2, 0) is 0 Å². The summed E-state index contributed by atoms with van der Waals surface area (Å²) in [4.78, 5) is 11.3. The second kappa shape index (κ2) is 5.09. The molecule has 0 N–H and O–H groups in total. The predicted molar refractivity (Wildman–Crippen MR) is 76.2 cm³/mol. The van der Waals surface area contributed by atoms with Crippen molar-refractivity contribution in [2.24, 2.45) is 0 Å². The molecule has 0 aliphatic carbocycles. The second-order valence-corrected chi connectivity index (χ2v) is 4.89. The molecule has 5 heteroatoms. The molecule has 3 rings (SSSR count). The SMILES string of the molecule is O=c1ccc2c(OCCCBr)c3ccoc3cc2o1. The van der Waals surface area contributed by atoms with Gasteiger partial charge in [0.1, 0.15) is 16.9 Å². The summed E-state index contributed by atoms with van der Waals surface area (Å²) in [7, 11) is 0. The van der Waals surface area contributed by atoms with E-state index in [0.29, 0.717) is 23.5 Å². The van der Waals surface area contributed by atoms with Gasteiger partial charge in [0.25, 0.3) is 0 Å². The van der Waals surface area contributed by atoms with Gasteiger partial charge in [-0.25, -0.2) is 4.79 Å².